The summed E-state index contributed by atoms with van der Waals surface area (Å²) in [5.41, 5.74) is 1.23. The van der Waals surface area contributed by atoms with Crippen molar-refractivity contribution < 1.29 is 9.72 Å². The summed E-state index contributed by atoms with van der Waals surface area (Å²) in [6.45, 7) is 4.17. The number of hydrogen-bond acceptors (Lipinski definition) is 4. The lowest BCUT2D eigenvalue weighted by atomic mass is 9.96. The van der Waals surface area contributed by atoms with E-state index >= 15 is 0 Å². The van der Waals surface area contributed by atoms with Crippen molar-refractivity contribution >= 4 is 40.5 Å². The number of carbonyl (C=O) groups excluding carboxylic acids is 1. The van der Waals surface area contributed by atoms with Gasteiger partial charge in [-0.1, -0.05) is 49.2 Å². The fourth-order valence-electron chi connectivity index (χ4n) is 2.52. The molecule has 0 aliphatic rings. The Labute approximate surface area is 161 Å². The molecule has 0 spiro atoms. The number of anilines is 1. The highest BCUT2D eigenvalue weighted by Gasteiger charge is 2.17. The third-order valence-corrected chi connectivity index (χ3v) is 4.38. The van der Waals surface area contributed by atoms with Crippen molar-refractivity contribution in [2.24, 2.45) is 5.92 Å². The standard InChI is InChI=1S/C18H19Cl2N3O3/c1-11(2)18(12-3-5-13(19)6-4-12)21-10-17(24)22-16-8-7-14(23(25)26)9-15(16)20/h3-9,11,18,21H,10H2,1-2H3,(H,22,24)/t18-/m1/s1. The van der Waals surface area contributed by atoms with E-state index in [0.717, 1.165) is 5.56 Å². The summed E-state index contributed by atoms with van der Waals surface area (Å²) >= 11 is 11.9. The first-order chi connectivity index (χ1) is 12.3. The van der Waals surface area contributed by atoms with Gasteiger partial charge in [0.25, 0.3) is 5.69 Å². The van der Waals surface area contributed by atoms with Crippen molar-refractivity contribution in [3.05, 3.63) is 68.2 Å². The zero-order chi connectivity index (χ0) is 19.3. The summed E-state index contributed by atoms with van der Waals surface area (Å²) in [6, 6.07) is 11.4. The Morgan fingerprint density at radius 2 is 1.81 bits per heavy atom. The predicted octanol–water partition coefficient (Wildman–Crippen LogP) is 4.83. The van der Waals surface area contributed by atoms with Crippen LogP contribution in [0.15, 0.2) is 42.5 Å². The van der Waals surface area contributed by atoms with Gasteiger partial charge in [-0.3, -0.25) is 14.9 Å². The normalized spacial score (nSPS) is 12.0. The molecule has 0 radical (unpaired) electrons. The minimum absolute atomic E-state index is 0.0228. The molecule has 2 N–H and O–H groups in total. The SMILES string of the molecule is CC(C)[C@@H](NCC(=O)Nc1ccc([N+](=O)[O-])cc1Cl)c1ccc(Cl)cc1. The van der Waals surface area contributed by atoms with E-state index in [-0.39, 0.29) is 35.1 Å². The van der Waals surface area contributed by atoms with Crippen LogP contribution >= 0.6 is 23.2 Å². The van der Waals surface area contributed by atoms with Crippen LogP contribution in [0.4, 0.5) is 11.4 Å². The van der Waals surface area contributed by atoms with Gasteiger partial charge in [-0.25, -0.2) is 0 Å². The smallest absolute Gasteiger partial charge is 0.271 e. The molecular weight excluding hydrogens is 377 g/mol. The summed E-state index contributed by atoms with van der Waals surface area (Å²) in [7, 11) is 0. The number of benzene rings is 2. The summed E-state index contributed by atoms with van der Waals surface area (Å²) < 4.78 is 0. The lowest BCUT2D eigenvalue weighted by Crippen LogP contribution is -2.33. The highest BCUT2D eigenvalue weighted by molar-refractivity contribution is 6.34. The van der Waals surface area contributed by atoms with Crippen LogP contribution in [0, 0.1) is 16.0 Å². The Morgan fingerprint density at radius 1 is 1.15 bits per heavy atom. The van der Waals surface area contributed by atoms with E-state index in [1.807, 2.05) is 24.3 Å². The summed E-state index contributed by atoms with van der Waals surface area (Å²) in [5.74, 6) is -0.0349. The number of non-ortho nitro benzene ring substituents is 1. The Balaban J connectivity index is 2.00. The largest absolute Gasteiger partial charge is 0.324 e. The number of amides is 1. The van der Waals surface area contributed by atoms with Crippen molar-refractivity contribution in [2.45, 2.75) is 19.9 Å². The zero-order valence-corrected chi connectivity index (χ0v) is 15.8. The summed E-state index contributed by atoms with van der Waals surface area (Å²) in [6.07, 6.45) is 0. The molecule has 1 atom stereocenters. The van der Waals surface area contributed by atoms with Gasteiger partial charge in [-0.2, -0.15) is 0 Å². The zero-order valence-electron chi connectivity index (χ0n) is 14.3. The van der Waals surface area contributed by atoms with Gasteiger partial charge in [0, 0.05) is 23.2 Å². The molecular formula is C18H19Cl2N3O3. The van der Waals surface area contributed by atoms with E-state index in [9.17, 15) is 14.9 Å². The lowest BCUT2D eigenvalue weighted by molar-refractivity contribution is -0.384. The number of nitro benzene ring substituents is 1. The number of carbonyl (C=O) groups is 1. The first-order valence-electron chi connectivity index (χ1n) is 8.00. The van der Waals surface area contributed by atoms with Gasteiger partial charge in [0.1, 0.15) is 0 Å². The molecule has 2 aromatic carbocycles. The van der Waals surface area contributed by atoms with Gasteiger partial charge in [-0.05, 0) is 29.7 Å². The number of rotatable bonds is 7. The lowest BCUT2D eigenvalue weighted by Gasteiger charge is -2.23. The minimum Gasteiger partial charge on any atom is -0.324 e. The topological polar surface area (TPSA) is 84.3 Å². The van der Waals surface area contributed by atoms with Crippen molar-refractivity contribution in [2.75, 3.05) is 11.9 Å². The number of nitrogens with zero attached hydrogens (tertiary/aromatic N) is 1. The van der Waals surface area contributed by atoms with E-state index < -0.39 is 4.92 Å². The molecule has 0 aliphatic heterocycles. The molecule has 2 rings (SSSR count). The van der Waals surface area contributed by atoms with E-state index in [0.29, 0.717) is 10.7 Å². The van der Waals surface area contributed by atoms with Crippen molar-refractivity contribution in [1.82, 2.24) is 5.32 Å². The van der Waals surface area contributed by atoms with Crippen LogP contribution in [0.3, 0.4) is 0 Å². The Kier molecular flexibility index (Phi) is 6.97. The third kappa shape index (κ3) is 5.42. The van der Waals surface area contributed by atoms with Crippen LogP contribution in [0.2, 0.25) is 10.0 Å². The van der Waals surface area contributed by atoms with E-state index in [1.165, 1.54) is 18.2 Å². The molecule has 0 aromatic heterocycles. The molecule has 0 saturated carbocycles. The molecule has 0 fully saturated rings. The van der Waals surface area contributed by atoms with Gasteiger partial charge >= 0.3 is 0 Å². The maximum Gasteiger partial charge on any atom is 0.271 e. The molecule has 8 heteroatoms. The second kappa shape index (κ2) is 8.98. The first-order valence-corrected chi connectivity index (χ1v) is 8.76. The van der Waals surface area contributed by atoms with Crippen LogP contribution in [-0.4, -0.2) is 17.4 Å². The van der Waals surface area contributed by atoms with Crippen LogP contribution in [0.25, 0.3) is 0 Å². The van der Waals surface area contributed by atoms with E-state index in [2.05, 4.69) is 24.5 Å². The second-order valence-corrected chi connectivity index (χ2v) is 6.97. The van der Waals surface area contributed by atoms with Crippen LogP contribution in [0.5, 0.6) is 0 Å². The molecule has 0 unspecified atom stereocenters. The van der Waals surface area contributed by atoms with E-state index in [4.69, 9.17) is 23.2 Å². The van der Waals surface area contributed by atoms with Gasteiger partial charge in [0.2, 0.25) is 5.91 Å². The third-order valence-electron chi connectivity index (χ3n) is 3.82. The quantitative estimate of drug-likeness (QED) is 0.519. The number of hydrogen-bond donors (Lipinski definition) is 2. The van der Waals surface area contributed by atoms with Gasteiger partial charge < -0.3 is 10.6 Å². The molecule has 26 heavy (non-hydrogen) atoms. The highest BCUT2D eigenvalue weighted by atomic mass is 35.5. The summed E-state index contributed by atoms with van der Waals surface area (Å²) in [4.78, 5) is 22.4. The molecule has 2 aromatic rings. The average Bonchev–Trinajstić information content (AvgIpc) is 2.58. The Hall–Kier alpha value is -2.15. The molecule has 0 bridgehead atoms. The van der Waals surface area contributed by atoms with Crippen molar-refractivity contribution in [3.63, 3.8) is 0 Å². The Morgan fingerprint density at radius 3 is 2.35 bits per heavy atom. The van der Waals surface area contributed by atoms with Gasteiger partial charge in [0.05, 0.1) is 22.2 Å². The number of nitrogens with one attached hydrogen (secondary N) is 2. The molecule has 6 nitrogen and oxygen atoms in total. The van der Waals surface area contributed by atoms with Crippen molar-refractivity contribution in [1.29, 1.82) is 0 Å². The van der Waals surface area contributed by atoms with Crippen LogP contribution in [-0.2, 0) is 4.79 Å². The number of halogens is 2. The fourth-order valence-corrected chi connectivity index (χ4v) is 2.87. The Bertz CT molecular complexity index is 795. The fraction of sp³-hybridized carbons (Fsp3) is 0.278. The van der Waals surface area contributed by atoms with Crippen LogP contribution < -0.4 is 10.6 Å². The minimum atomic E-state index is -0.543. The number of nitro groups is 1. The van der Waals surface area contributed by atoms with Gasteiger partial charge in [0.15, 0.2) is 0 Å². The molecule has 1 amide bonds. The molecule has 0 saturated heterocycles. The van der Waals surface area contributed by atoms with Crippen molar-refractivity contribution in [3.8, 4) is 0 Å². The second-order valence-electron chi connectivity index (χ2n) is 6.12. The average molecular weight is 396 g/mol. The molecule has 138 valence electrons. The first kappa shape index (κ1) is 20.2. The van der Waals surface area contributed by atoms with Gasteiger partial charge in [-0.15, -0.1) is 0 Å². The predicted molar refractivity (Wildman–Crippen MR) is 104 cm³/mol. The summed E-state index contributed by atoms with van der Waals surface area (Å²) in [5, 5.41) is 17.4. The monoisotopic (exact) mass is 395 g/mol. The molecule has 0 heterocycles. The van der Waals surface area contributed by atoms with Crippen LogP contribution in [0.1, 0.15) is 25.5 Å². The maximum atomic E-state index is 12.2. The highest BCUT2D eigenvalue weighted by Crippen LogP contribution is 2.27. The molecule has 0 aliphatic carbocycles. The van der Waals surface area contributed by atoms with E-state index in [1.54, 1.807) is 0 Å². The maximum absolute atomic E-state index is 12.2.